The summed E-state index contributed by atoms with van der Waals surface area (Å²) in [5.41, 5.74) is 0.781. The van der Waals surface area contributed by atoms with Gasteiger partial charge in [0.15, 0.2) is 0 Å². The Morgan fingerprint density at radius 3 is 2.38 bits per heavy atom. The van der Waals surface area contributed by atoms with Gasteiger partial charge >= 0.3 is 6.01 Å². The molecule has 2 aromatic carbocycles. The van der Waals surface area contributed by atoms with Crippen LogP contribution in [0.5, 0.6) is 0 Å². The van der Waals surface area contributed by atoms with Crippen LogP contribution in [0.4, 0.5) is 11.7 Å². The summed E-state index contributed by atoms with van der Waals surface area (Å²) in [5, 5.41) is 21.2. The first-order valence-electron chi connectivity index (χ1n) is 6.68. The summed E-state index contributed by atoms with van der Waals surface area (Å²) in [5.74, 6) is -0.290. The van der Waals surface area contributed by atoms with Crippen molar-refractivity contribution in [2.75, 3.05) is 5.32 Å². The molecular weight excluding hydrogens is 336 g/mol. The molecule has 0 atom stereocenters. The highest BCUT2D eigenvalue weighted by molar-refractivity contribution is 6.30. The van der Waals surface area contributed by atoms with Gasteiger partial charge in [-0.1, -0.05) is 16.7 Å². The van der Waals surface area contributed by atoms with Gasteiger partial charge in [-0.3, -0.25) is 20.2 Å². The number of nitro groups is 1. The van der Waals surface area contributed by atoms with Crippen molar-refractivity contribution >= 4 is 29.2 Å². The SMILES string of the molecule is O=C(Nc1nnc(-c2ccc(Cl)cc2)o1)c1ccc([N+](=O)[O-])cc1. The second-order valence-corrected chi connectivity index (χ2v) is 5.11. The second-order valence-electron chi connectivity index (χ2n) is 4.68. The molecule has 0 aliphatic heterocycles. The van der Waals surface area contributed by atoms with Gasteiger partial charge in [-0.15, -0.1) is 5.10 Å². The van der Waals surface area contributed by atoms with Crippen molar-refractivity contribution in [1.29, 1.82) is 0 Å². The van der Waals surface area contributed by atoms with E-state index in [-0.39, 0.29) is 23.2 Å². The molecule has 0 fully saturated rings. The van der Waals surface area contributed by atoms with Crippen molar-refractivity contribution in [2.45, 2.75) is 0 Å². The van der Waals surface area contributed by atoms with Crippen molar-refractivity contribution < 1.29 is 14.1 Å². The first-order valence-corrected chi connectivity index (χ1v) is 7.06. The maximum atomic E-state index is 12.1. The molecule has 3 rings (SSSR count). The number of carbonyl (C=O) groups excluding carboxylic acids is 1. The summed E-state index contributed by atoms with van der Waals surface area (Å²) in [6, 6.07) is 11.8. The van der Waals surface area contributed by atoms with Gasteiger partial charge in [0, 0.05) is 28.3 Å². The Morgan fingerprint density at radius 1 is 1.08 bits per heavy atom. The van der Waals surface area contributed by atoms with E-state index in [1.165, 1.54) is 24.3 Å². The van der Waals surface area contributed by atoms with Gasteiger partial charge in [0.1, 0.15) is 0 Å². The molecule has 0 unspecified atom stereocenters. The molecule has 0 saturated heterocycles. The van der Waals surface area contributed by atoms with E-state index >= 15 is 0 Å². The minimum atomic E-state index is -0.544. The predicted molar refractivity (Wildman–Crippen MR) is 85.8 cm³/mol. The highest BCUT2D eigenvalue weighted by atomic mass is 35.5. The molecule has 120 valence electrons. The number of nitrogens with one attached hydrogen (secondary N) is 1. The van der Waals surface area contributed by atoms with Crippen LogP contribution in [-0.4, -0.2) is 21.0 Å². The van der Waals surface area contributed by atoms with E-state index in [1.807, 2.05) is 0 Å². The largest absolute Gasteiger partial charge is 0.403 e. The lowest BCUT2D eigenvalue weighted by atomic mass is 10.2. The predicted octanol–water partition coefficient (Wildman–Crippen LogP) is 3.55. The monoisotopic (exact) mass is 344 g/mol. The van der Waals surface area contributed by atoms with Gasteiger partial charge in [-0.2, -0.15) is 0 Å². The van der Waals surface area contributed by atoms with Gasteiger partial charge in [-0.25, -0.2) is 0 Å². The number of non-ortho nitro benzene ring substituents is 1. The van der Waals surface area contributed by atoms with E-state index in [9.17, 15) is 14.9 Å². The molecule has 1 N–H and O–H groups in total. The Hall–Kier alpha value is -3.26. The molecule has 8 nitrogen and oxygen atoms in total. The first-order chi connectivity index (χ1) is 11.5. The van der Waals surface area contributed by atoms with Crippen LogP contribution < -0.4 is 5.32 Å². The lowest BCUT2D eigenvalue weighted by Crippen LogP contribution is -2.12. The average Bonchev–Trinajstić information content (AvgIpc) is 3.04. The molecule has 0 aliphatic rings. The van der Waals surface area contributed by atoms with Gasteiger partial charge in [0.2, 0.25) is 5.89 Å². The summed E-state index contributed by atoms with van der Waals surface area (Å²) >= 11 is 5.81. The zero-order valence-corrected chi connectivity index (χ0v) is 12.7. The molecule has 9 heteroatoms. The zero-order valence-electron chi connectivity index (χ0n) is 12.0. The number of halogens is 1. The van der Waals surface area contributed by atoms with Crippen LogP contribution in [0.3, 0.4) is 0 Å². The molecule has 1 amide bonds. The minimum Gasteiger partial charge on any atom is -0.403 e. The van der Waals surface area contributed by atoms with Gasteiger partial charge < -0.3 is 4.42 Å². The van der Waals surface area contributed by atoms with Crippen molar-refractivity contribution in [3.63, 3.8) is 0 Å². The highest BCUT2D eigenvalue weighted by Crippen LogP contribution is 2.22. The normalized spacial score (nSPS) is 10.4. The van der Waals surface area contributed by atoms with E-state index in [4.69, 9.17) is 16.0 Å². The third-order valence-corrected chi connectivity index (χ3v) is 3.33. The lowest BCUT2D eigenvalue weighted by Gasteiger charge is -2.00. The number of nitro benzene ring substituents is 1. The van der Waals surface area contributed by atoms with Crippen LogP contribution in [0.1, 0.15) is 10.4 Å². The van der Waals surface area contributed by atoms with Crippen LogP contribution in [0, 0.1) is 10.1 Å². The number of hydrogen-bond acceptors (Lipinski definition) is 6. The molecule has 0 spiro atoms. The van der Waals surface area contributed by atoms with Crippen LogP contribution in [0.2, 0.25) is 5.02 Å². The number of carbonyl (C=O) groups is 1. The third kappa shape index (κ3) is 3.39. The lowest BCUT2D eigenvalue weighted by molar-refractivity contribution is -0.384. The molecule has 1 aromatic heterocycles. The van der Waals surface area contributed by atoms with Crippen molar-refractivity contribution in [3.8, 4) is 11.5 Å². The number of anilines is 1. The number of nitrogens with zero attached hydrogens (tertiary/aromatic N) is 3. The van der Waals surface area contributed by atoms with Crippen LogP contribution >= 0.6 is 11.6 Å². The summed E-state index contributed by atoms with van der Waals surface area (Å²) in [6.45, 7) is 0. The Balaban J connectivity index is 1.73. The van der Waals surface area contributed by atoms with E-state index in [2.05, 4.69) is 15.5 Å². The van der Waals surface area contributed by atoms with Gasteiger partial charge in [0.05, 0.1) is 4.92 Å². The van der Waals surface area contributed by atoms with E-state index in [0.29, 0.717) is 10.6 Å². The van der Waals surface area contributed by atoms with Crippen LogP contribution in [0.15, 0.2) is 52.9 Å². The van der Waals surface area contributed by atoms with E-state index < -0.39 is 10.8 Å². The number of benzene rings is 2. The smallest absolute Gasteiger partial charge is 0.322 e. The quantitative estimate of drug-likeness (QED) is 0.572. The van der Waals surface area contributed by atoms with E-state index in [1.54, 1.807) is 24.3 Å². The molecule has 0 bridgehead atoms. The summed E-state index contributed by atoms with van der Waals surface area (Å²) in [7, 11) is 0. The summed E-state index contributed by atoms with van der Waals surface area (Å²) in [4.78, 5) is 22.1. The number of aromatic nitrogens is 2. The third-order valence-electron chi connectivity index (χ3n) is 3.08. The molecule has 3 aromatic rings. The van der Waals surface area contributed by atoms with Crippen LogP contribution in [-0.2, 0) is 0 Å². The van der Waals surface area contributed by atoms with Gasteiger partial charge in [-0.05, 0) is 36.4 Å². The standard InChI is InChI=1S/C15H9ClN4O4/c16-11-5-1-10(2-6-11)14-18-19-15(24-14)17-13(21)9-3-7-12(8-4-9)20(22)23/h1-8H,(H,17,19,21). The van der Waals surface area contributed by atoms with E-state index in [0.717, 1.165) is 0 Å². The molecule has 0 radical (unpaired) electrons. The average molecular weight is 345 g/mol. The summed E-state index contributed by atoms with van der Waals surface area (Å²) < 4.78 is 5.36. The maximum absolute atomic E-state index is 12.1. The van der Waals surface area contributed by atoms with Crippen molar-refractivity contribution in [3.05, 3.63) is 69.2 Å². The van der Waals surface area contributed by atoms with Gasteiger partial charge in [0.25, 0.3) is 11.6 Å². The zero-order chi connectivity index (χ0) is 17.1. The molecular formula is C15H9ClN4O4. The minimum absolute atomic E-state index is 0.0803. The van der Waals surface area contributed by atoms with Crippen molar-refractivity contribution in [2.24, 2.45) is 0 Å². The highest BCUT2D eigenvalue weighted by Gasteiger charge is 2.14. The maximum Gasteiger partial charge on any atom is 0.322 e. The summed E-state index contributed by atoms with van der Waals surface area (Å²) in [6.07, 6.45) is 0. The fourth-order valence-corrected chi connectivity index (χ4v) is 2.01. The Morgan fingerprint density at radius 2 is 1.75 bits per heavy atom. The Labute approximate surface area is 140 Å². The second kappa shape index (κ2) is 6.47. The number of hydrogen-bond donors (Lipinski definition) is 1. The fourth-order valence-electron chi connectivity index (χ4n) is 1.89. The fraction of sp³-hybridized carbons (Fsp3) is 0. The molecule has 24 heavy (non-hydrogen) atoms. The first kappa shape index (κ1) is 15.6. The molecule has 0 saturated carbocycles. The Kier molecular flexibility index (Phi) is 4.21. The van der Waals surface area contributed by atoms with Crippen LogP contribution in [0.25, 0.3) is 11.5 Å². The Bertz CT molecular complexity index is 891. The molecule has 1 heterocycles. The topological polar surface area (TPSA) is 111 Å². The molecule has 0 aliphatic carbocycles. The van der Waals surface area contributed by atoms with Crippen molar-refractivity contribution in [1.82, 2.24) is 10.2 Å². The number of amides is 1. The number of rotatable bonds is 4.